The number of ether oxygens (including phenoxy) is 3. The van der Waals surface area contributed by atoms with E-state index in [1.54, 1.807) is 30.3 Å². The summed E-state index contributed by atoms with van der Waals surface area (Å²) in [5.74, 6) is -3.67. The van der Waals surface area contributed by atoms with Crippen LogP contribution in [0.4, 0.5) is 4.79 Å². The van der Waals surface area contributed by atoms with Gasteiger partial charge in [0, 0.05) is 12.5 Å². The molecule has 0 aliphatic carbocycles. The molecule has 11 nitrogen and oxygen atoms in total. The van der Waals surface area contributed by atoms with E-state index in [1.807, 2.05) is 0 Å². The van der Waals surface area contributed by atoms with Gasteiger partial charge >= 0.3 is 12.1 Å². The van der Waals surface area contributed by atoms with Gasteiger partial charge in [0.1, 0.15) is 18.8 Å². The van der Waals surface area contributed by atoms with Crippen LogP contribution in [0.3, 0.4) is 0 Å². The summed E-state index contributed by atoms with van der Waals surface area (Å²) in [6.07, 6.45) is -3.07. The number of hydrogen-bond acceptors (Lipinski definition) is 9. The van der Waals surface area contributed by atoms with E-state index in [-0.39, 0.29) is 6.61 Å². The molecule has 1 amide bonds. The molecule has 0 spiro atoms. The van der Waals surface area contributed by atoms with Crippen LogP contribution in [-0.4, -0.2) is 84.6 Å². The first-order chi connectivity index (χ1) is 16.2. The molecule has 0 saturated carbocycles. The summed E-state index contributed by atoms with van der Waals surface area (Å²) in [5.41, 5.74) is 0.684. The summed E-state index contributed by atoms with van der Waals surface area (Å²) in [7, 11) is -4.08. The molecule has 34 heavy (non-hydrogen) atoms. The maximum Gasteiger partial charge on any atom is 0.408 e. The number of amides is 1. The minimum Gasteiger partial charge on any atom is -0.480 e. The Labute approximate surface area is 197 Å². The molecule has 3 fully saturated rings. The Hall–Kier alpha value is -2.25. The standard InChI is InChI=1S/C22H31NO10S/c24-18-15-9-5-2-6-10-31-21(19(18)25)33-17(15)13-34(29,30)12-16(20(26)27)23-22(28)32-11-14-7-3-1-4-8-14/h1,3-4,7-8,15-19,21,24-25H,2,5-6,9-13H2,(H,23,28)(H,26,27). The summed E-state index contributed by atoms with van der Waals surface area (Å²) in [6.45, 7) is 0.194. The van der Waals surface area contributed by atoms with Crippen molar-refractivity contribution in [2.45, 2.75) is 62.9 Å². The number of hydrogen-bond donors (Lipinski definition) is 4. The fourth-order valence-electron chi connectivity index (χ4n) is 4.16. The van der Waals surface area contributed by atoms with E-state index in [0.717, 1.165) is 12.8 Å². The van der Waals surface area contributed by atoms with Crippen molar-refractivity contribution in [3.05, 3.63) is 35.9 Å². The van der Waals surface area contributed by atoms with E-state index in [0.29, 0.717) is 25.0 Å². The highest BCUT2D eigenvalue weighted by atomic mass is 32.2. The molecular formula is C22H31NO10S. The quantitative estimate of drug-likeness (QED) is 0.392. The molecule has 3 saturated heterocycles. The lowest BCUT2D eigenvalue weighted by Gasteiger charge is -2.43. The predicted octanol–water partition coefficient (Wildman–Crippen LogP) is 0.434. The van der Waals surface area contributed by atoms with Crippen molar-refractivity contribution in [2.24, 2.45) is 5.92 Å². The van der Waals surface area contributed by atoms with Crippen LogP contribution in [0.15, 0.2) is 30.3 Å². The predicted molar refractivity (Wildman–Crippen MR) is 118 cm³/mol. The van der Waals surface area contributed by atoms with Crippen LogP contribution in [0, 0.1) is 5.92 Å². The third-order valence-electron chi connectivity index (χ3n) is 5.96. The third kappa shape index (κ3) is 7.37. The summed E-state index contributed by atoms with van der Waals surface area (Å²) in [6, 6.07) is 6.98. The topological polar surface area (TPSA) is 169 Å². The Bertz CT molecular complexity index is 923. The molecule has 3 aliphatic rings. The van der Waals surface area contributed by atoms with Gasteiger partial charge in [-0.2, -0.15) is 0 Å². The molecule has 3 heterocycles. The van der Waals surface area contributed by atoms with Crippen LogP contribution in [0.1, 0.15) is 31.2 Å². The van der Waals surface area contributed by atoms with E-state index < -0.39 is 70.0 Å². The van der Waals surface area contributed by atoms with E-state index in [1.165, 1.54) is 0 Å². The van der Waals surface area contributed by atoms with Gasteiger partial charge in [-0.05, 0) is 18.4 Å². The third-order valence-corrected chi connectivity index (χ3v) is 7.64. The first kappa shape index (κ1) is 26.4. The van der Waals surface area contributed by atoms with Gasteiger partial charge in [0.05, 0.1) is 23.7 Å². The van der Waals surface area contributed by atoms with Gasteiger partial charge in [0.2, 0.25) is 0 Å². The molecule has 2 bridgehead atoms. The summed E-state index contributed by atoms with van der Waals surface area (Å²) in [5, 5.41) is 32.3. The summed E-state index contributed by atoms with van der Waals surface area (Å²) in [4.78, 5) is 23.7. The van der Waals surface area contributed by atoms with Crippen LogP contribution in [0.5, 0.6) is 0 Å². The second-order valence-corrected chi connectivity index (χ2v) is 10.7. The molecule has 4 N–H and O–H groups in total. The fraction of sp³-hybridized carbons (Fsp3) is 0.636. The Balaban J connectivity index is 1.62. The highest BCUT2D eigenvalue weighted by Gasteiger charge is 2.46. The highest BCUT2D eigenvalue weighted by Crippen LogP contribution is 2.33. The molecule has 1 aromatic carbocycles. The molecular weight excluding hydrogens is 470 g/mol. The zero-order valence-electron chi connectivity index (χ0n) is 18.6. The van der Waals surface area contributed by atoms with Crippen LogP contribution < -0.4 is 5.32 Å². The number of aliphatic carboxylic acids is 1. The zero-order chi connectivity index (χ0) is 24.7. The number of aliphatic hydroxyl groups is 2. The van der Waals surface area contributed by atoms with Gasteiger partial charge in [-0.1, -0.05) is 43.2 Å². The van der Waals surface area contributed by atoms with Gasteiger partial charge in [0.25, 0.3) is 0 Å². The van der Waals surface area contributed by atoms with Gasteiger partial charge in [-0.3, -0.25) is 0 Å². The largest absolute Gasteiger partial charge is 0.480 e. The average Bonchev–Trinajstić information content (AvgIpc) is 2.79. The molecule has 0 radical (unpaired) electrons. The Morgan fingerprint density at radius 1 is 1.12 bits per heavy atom. The number of sulfone groups is 1. The van der Waals surface area contributed by atoms with Crippen LogP contribution in [0.2, 0.25) is 0 Å². The number of carboxylic acids is 1. The fourth-order valence-corrected chi connectivity index (χ4v) is 5.85. The molecule has 1 aromatic rings. The Morgan fingerprint density at radius 3 is 2.56 bits per heavy atom. The molecule has 0 aromatic heterocycles. The van der Waals surface area contributed by atoms with Crippen molar-refractivity contribution in [2.75, 3.05) is 18.1 Å². The van der Waals surface area contributed by atoms with Crippen LogP contribution >= 0.6 is 0 Å². The van der Waals surface area contributed by atoms with Crippen molar-refractivity contribution in [3.63, 3.8) is 0 Å². The number of benzene rings is 1. The lowest BCUT2D eigenvalue weighted by atomic mass is 9.85. The van der Waals surface area contributed by atoms with E-state index >= 15 is 0 Å². The van der Waals surface area contributed by atoms with Gasteiger partial charge < -0.3 is 34.8 Å². The summed E-state index contributed by atoms with van der Waals surface area (Å²) >= 11 is 0. The number of alkyl carbamates (subject to hydrolysis) is 1. The second-order valence-electron chi connectivity index (χ2n) is 8.58. The number of rotatable bonds is 8. The molecule has 12 heteroatoms. The SMILES string of the molecule is O=C(NC(CS(=O)(=O)CC1OC2OCCCCCC1C(O)C2O)C(=O)O)OCc1ccccc1. The second kappa shape index (κ2) is 11.9. The molecule has 4 rings (SSSR count). The number of fused-ring (bicyclic) bond motifs is 7. The maximum absolute atomic E-state index is 12.9. The van der Waals surface area contributed by atoms with Crippen molar-refractivity contribution < 1.29 is 47.5 Å². The van der Waals surface area contributed by atoms with Crippen LogP contribution in [0.25, 0.3) is 0 Å². The van der Waals surface area contributed by atoms with Gasteiger partial charge in [-0.15, -0.1) is 0 Å². The van der Waals surface area contributed by atoms with Crippen molar-refractivity contribution in [3.8, 4) is 0 Å². The summed E-state index contributed by atoms with van der Waals surface area (Å²) < 4.78 is 41.9. The monoisotopic (exact) mass is 501 g/mol. The number of carbonyl (C=O) groups is 2. The first-order valence-electron chi connectivity index (χ1n) is 11.2. The molecule has 190 valence electrons. The van der Waals surface area contributed by atoms with Crippen molar-refractivity contribution >= 4 is 21.9 Å². The van der Waals surface area contributed by atoms with E-state index in [4.69, 9.17) is 14.2 Å². The van der Waals surface area contributed by atoms with Crippen molar-refractivity contribution in [1.82, 2.24) is 5.32 Å². The maximum atomic E-state index is 12.9. The van der Waals surface area contributed by atoms with Gasteiger partial charge in [-0.25, -0.2) is 18.0 Å². The number of carbonyl (C=O) groups excluding carboxylic acids is 1. The van der Waals surface area contributed by atoms with Crippen molar-refractivity contribution in [1.29, 1.82) is 0 Å². The lowest BCUT2D eigenvalue weighted by molar-refractivity contribution is -0.284. The normalized spacial score (nSPS) is 28.6. The number of nitrogens with one attached hydrogen (secondary N) is 1. The van der Waals surface area contributed by atoms with E-state index in [2.05, 4.69) is 5.32 Å². The Morgan fingerprint density at radius 2 is 1.85 bits per heavy atom. The minimum absolute atomic E-state index is 0.106. The molecule has 6 atom stereocenters. The number of aliphatic hydroxyl groups excluding tert-OH is 2. The zero-order valence-corrected chi connectivity index (χ0v) is 19.4. The first-order valence-corrected chi connectivity index (χ1v) is 13.0. The number of carboxylic acid groups (broad SMARTS) is 1. The smallest absolute Gasteiger partial charge is 0.408 e. The lowest BCUT2D eigenvalue weighted by Crippen LogP contribution is -2.57. The molecule has 6 unspecified atom stereocenters. The Kier molecular flexibility index (Phi) is 9.25. The minimum atomic E-state index is -4.08. The average molecular weight is 502 g/mol. The van der Waals surface area contributed by atoms with Crippen LogP contribution in [-0.2, 0) is 35.4 Å². The highest BCUT2D eigenvalue weighted by molar-refractivity contribution is 7.91. The van der Waals surface area contributed by atoms with E-state index in [9.17, 15) is 33.3 Å². The molecule has 3 aliphatic heterocycles. The van der Waals surface area contributed by atoms with Gasteiger partial charge in [0.15, 0.2) is 16.1 Å².